The SMILES string of the molecule is CCC(CC)NC(=O)c1ccc(OCC(=O)N2[C@@H](C)CCC[C@@H]2C)cc1. The molecule has 1 aromatic carbocycles. The second kappa shape index (κ2) is 9.60. The topological polar surface area (TPSA) is 58.6 Å². The Morgan fingerprint density at radius 2 is 1.69 bits per heavy atom. The lowest BCUT2D eigenvalue weighted by atomic mass is 9.97. The molecule has 0 saturated carbocycles. The van der Waals surface area contributed by atoms with Crippen LogP contribution in [0.5, 0.6) is 5.75 Å². The highest BCUT2D eigenvalue weighted by Crippen LogP contribution is 2.23. The molecular weight excluding hydrogens is 328 g/mol. The summed E-state index contributed by atoms with van der Waals surface area (Å²) in [5.41, 5.74) is 0.605. The molecule has 0 aliphatic carbocycles. The van der Waals surface area contributed by atoms with Crippen molar-refractivity contribution in [2.24, 2.45) is 0 Å². The van der Waals surface area contributed by atoms with Crippen LogP contribution in [0.25, 0.3) is 0 Å². The molecule has 2 atom stereocenters. The van der Waals surface area contributed by atoms with E-state index in [0.717, 1.165) is 25.7 Å². The largest absolute Gasteiger partial charge is 0.484 e. The van der Waals surface area contributed by atoms with E-state index in [4.69, 9.17) is 4.74 Å². The Morgan fingerprint density at radius 1 is 1.12 bits per heavy atom. The van der Waals surface area contributed by atoms with E-state index in [-0.39, 0.29) is 36.5 Å². The van der Waals surface area contributed by atoms with Gasteiger partial charge in [-0.2, -0.15) is 0 Å². The minimum absolute atomic E-state index is 0.0280. The van der Waals surface area contributed by atoms with Crippen LogP contribution in [0.1, 0.15) is 70.2 Å². The fourth-order valence-corrected chi connectivity index (χ4v) is 3.60. The molecule has 144 valence electrons. The van der Waals surface area contributed by atoms with Gasteiger partial charge in [0.15, 0.2) is 6.61 Å². The molecule has 5 nitrogen and oxygen atoms in total. The summed E-state index contributed by atoms with van der Waals surface area (Å²) in [7, 11) is 0. The summed E-state index contributed by atoms with van der Waals surface area (Å²) in [6, 6.07) is 7.71. The number of hydrogen-bond acceptors (Lipinski definition) is 3. The molecule has 1 aliphatic heterocycles. The van der Waals surface area contributed by atoms with Gasteiger partial charge in [0.1, 0.15) is 5.75 Å². The van der Waals surface area contributed by atoms with Crippen molar-refractivity contribution < 1.29 is 14.3 Å². The van der Waals surface area contributed by atoms with Crippen LogP contribution in [0.15, 0.2) is 24.3 Å². The van der Waals surface area contributed by atoms with Gasteiger partial charge in [-0.05, 0) is 70.2 Å². The van der Waals surface area contributed by atoms with Crippen molar-refractivity contribution in [3.05, 3.63) is 29.8 Å². The van der Waals surface area contributed by atoms with Gasteiger partial charge in [-0.1, -0.05) is 13.8 Å². The first-order valence-corrected chi connectivity index (χ1v) is 9.81. The minimum atomic E-state index is -0.0720. The normalized spacial score (nSPS) is 20.1. The van der Waals surface area contributed by atoms with Gasteiger partial charge in [0.2, 0.25) is 0 Å². The number of piperidine rings is 1. The van der Waals surface area contributed by atoms with E-state index in [1.54, 1.807) is 24.3 Å². The van der Waals surface area contributed by atoms with Crippen molar-refractivity contribution >= 4 is 11.8 Å². The van der Waals surface area contributed by atoms with Crippen LogP contribution >= 0.6 is 0 Å². The molecule has 1 aliphatic rings. The molecule has 1 N–H and O–H groups in total. The molecule has 2 rings (SSSR count). The van der Waals surface area contributed by atoms with Gasteiger partial charge >= 0.3 is 0 Å². The highest BCUT2D eigenvalue weighted by Gasteiger charge is 2.28. The van der Waals surface area contributed by atoms with Crippen molar-refractivity contribution in [2.75, 3.05) is 6.61 Å². The molecule has 1 heterocycles. The van der Waals surface area contributed by atoms with E-state index in [0.29, 0.717) is 11.3 Å². The first-order chi connectivity index (χ1) is 12.5. The van der Waals surface area contributed by atoms with Gasteiger partial charge in [-0.25, -0.2) is 0 Å². The zero-order chi connectivity index (χ0) is 19.1. The molecular formula is C21H32N2O3. The zero-order valence-corrected chi connectivity index (χ0v) is 16.5. The summed E-state index contributed by atoms with van der Waals surface area (Å²) in [6.07, 6.45) is 5.11. The van der Waals surface area contributed by atoms with Crippen molar-refractivity contribution in [1.82, 2.24) is 10.2 Å². The van der Waals surface area contributed by atoms with E-state index in [1.807, 2.05) is 4.90 Å². The first-order valence-electron chi connectivity index (χ1n) is 9.81. The second-order valence-electron chi connectivity index (χ2n) is 7.23. The third-order valence-corrected chi connectivity index (χ3v) is 5.28. The standard InChI is InChI=1S/C21H32N2O3/c1-5-18(6-2)22-21(25)17-10-12-19(13-11-17)26-14-20(24)23-15(3)8-7-9-16(23)4/h10-13,15-16,18H,5-9,14H2,1-4H3,(H,22,25)/t15-,16-/m0/s1. The molecule has 5 heteroatoms. The summed E-state index contributed by atoms with van der Waals surface area (Å²) in [6.45, 7) is 8.36. The van der Waals surface area contributed by atoms with E-state index in [9.17, 15) is 9.59 Å². The summed E-state index contributed by atoms with van der Waals surface area (Å²) in [5, 5.41) is 3.01. The van der Waals surface area contributed by atoms with Gasteiger partial charge in [-0.15, -0.1) is 0 Å². The Kier molecular flexibility index (Phi) is 7.49. The van der Waals surface area contributed by atoms with E-state index in [1.165, 1.54) is 6.42 Å². The quantitative estimate of drug-likeness (QED) is 0.805. The van der Waals surface area contributed by atoms with Crippen LogP contribution in [0, 0.1) is 0 Å². The lowest BCUT2D eigenvalue weighted by Crippen LogP contribution is -2.49. The number of carbonyl (C=O) groups is 2. The number of amides is 2. The molecule has 0 radical (unpaired) electrons. The van der Waals surface area contributed by atoms with Gasteiger partial charge < -0.3 is 15.0 Å². The maximum Gasteiger partial charge on any atom is 0.260 e. The summed E-state index contributed by atoms with van der Waals surface area (Å²) < 4.78 is 5.65. The number of likely N-dealkylation sites (tertiary alicyclic amines) is 1. The average Bonchev–Trinajstić information content (AvgIpc) is 2.64. The summed E-state index contributed by atoms with van der Waals surface area (Å²) in [4.78, 5) is 26.7. The van der Waals surface area contributed by atoms with Crippen LogP contribution in [0.3, 0.4) is 0 Å². The fraction of sp³-hybridized carbons (Fsp3) is 0.619. The maximum atomic E-state index is 12.5. The molecule has 26 heavy (non-hydrogen) atoms. The number of rotatable bonds is 7. The number of carbonyl (C=O) groups excluding carboxylic acids is 2. The van der Waals surface area contributed by atoms with Crippen molar-refractivity contribution in [3.8, 4) is 5.75 Å². The van der Waals surface area contributed by atoms with Crippen molar-refractivity contribution in [3.63, 3.8) is 0 Å². The highest BCUT2D eigenvalue weighted by atomic mass is 16.5. The first kappa shape index (κ1) is 20.3. The molecule has 0 spiro atoms. The summed E-state index contributed by atoms with van der Waals surface area (Å²) in [5.74, 6) is 0.562. The van der Waals surface area contributed by atoms with Gasteiger partial charge in [0, 0.05) is 23.7 Å². The Hall–Kier alpha value is -2.04. The molecule has 0 unspecified atom stereocenters. The lowest BCUT2D eigenvalue weighted by Gasteiger charge is -2.38. The highest BCUT2D eigenvalue weighted by molar-refractivity contribution is 5.94. The molecule has 0 bridgehead atoms. The number of ether oxygens (including phenoxy) is 1. The van der Waals surface area contributed by atoms with E-state index in [2.05, 4.69) is 33.0 Å². The molecule has 0 aromatic heterocycles. The third-order valence-electron chi connectivity index (χ3n) is 5.28. The molecule has 1 aromatic rings. The monoisotopic (exact) mass is 360 g/mol. The Morgan fingerprint density at radius 3 is 2.23 bits per heavy atom. The minimum Gasteiger partial charge on any atom is -0.484 e. The number of hydrogen-bond donors (Lipinski definition) is 1. The van der Waals surface area contributed by atoms with Crippen LogP contribution < -0.4 is 10.1 Å². The second-order valence-corrected chi connectivity index (χ2v) is 7.23. The predicted molar refractivity (Wildman–Crippen MR) is 103 cm³/mol. The van der Waals surface area contributed by atoms with E-state index < -0.39 is 0 Å². The number of benzene rings is 1. The van der Waals surface area contributed by atoms with E-state index >= 15 is 0 Å². The molecule has 1 saturated heterocycles. The molecule has 1 fully saturated rings. The van der Waals surface area contributed by atoms with Crippen LogP contribution in [0.2, 0.25) is 0 Å². The summed E-state index contributed by atoms with van der Waals surface area (Å²) >= 11 is 0. The third kappa shape index (κ3) is 5.23. The van der Waals surface area contributed by atoms with Crippen LogP contribution in [-0.2, 0) is 4.79 Å². The maximum absolute atomic E-state index is 12.5. The van der Waals surface area contributed by atoms with Gasteiger partial charge in [0.25, 0.3) is 11.8 Å². The average molecular weight is 360 g/mol. The van der Waals surface area contributed by atoms with Gasteiger partial charge in [0.05, 0.1) is 0 Å². The number of nitrogens with one attached hydrogen (secondary N) is 1. The Balaban J connectivity index is 1.89. The number of nitrogens with zero attached hydrogens (tertiary/aromatic N) is 1. The zero-order valence-electron chi connectivity index (χ0n) is 16.5. The van der Waals surface area contributed by atoms with Crippen LogP contribution in [0.4, 0.5) is 0 Å². The van der Waals surface area contributed by atoms with Crippen molar-refractivity contribution in [1.29, 1.82) is 0 Å². The van der Waals surface area contributed by atoms with Crippen molar-refractivity contribution in [2.45, 2.75) is 77.9 Å². The molecule has 2 amide bonds. The lowest BCUT2D eigenvalue weighted by molar-refractivity contribution is -0.139. The fourth-order valence-electron chi connectivity index (χ4n) is 3.60. The van der Waals surface area contributed by atoms with Gasteiger partial charge in [-0.3, -0.25) is 9.59 Å². The Bertz CT molecular complexity index is 586. The predicted octanol–water partition coefficient (Wildman–Crippen LogP) is 3.77. The Labute approximate surface area is 157 Å². The smallest absolute Gasteiger partial charge is 0.260 e. The van der Waals surface area contributed by atoms with Crippen LogP contribution in [-0.4, -0.2) is 41.4 Å².